The van der Waals surface area contributed by atoms with Gasteiger partial charge in [-0.2, -0.15) is 0 Å². The summed E-state index contributed by atoms with van der Waals surface area (Å²) in [6, 6.07) is 11.4. The third-order valence-corrected chi connectivity index (χ3v) is 4.97. The Morgan fingerprint density at radius 3 is 2.39 bits per heavy atom. The molecule has 0 saturated carbocycles. The molecule has 0 bridgehead atoms. The standard InChI is InChI=1S/C23H17F2NO2/c1-4-14-8-21-16(9-18(14)24)23(15-6-5-12(2)7-13(15)3)17-10-19(25)20(26-27)11-22(17)28-21/h4-11H,1-3H3/b14-4+. The maximum atomic E-state index is 14.6. The van der Waals surface area contributed by atoms with Gasteiger partial charge in [0.25, 0.3) is 0 Å². The minimum atomic E-state index is -0.748. The van der Waals surface area contributed by atoms with E-state index in [-0.39, 0.29) is 11.5 Å². The highest BCUT2D eigenvalue weighted by Crippen LogP contribution is 2.40. The number of nitrogens with zero attached hydrogens (tertiary/aromatic N) is 1. The number of ether oxygens (including phenoxy) is 1. The van der Waals surface area contributed by atoms with E-state index >= 15 is 0 Å². The van der Waals surface area contributed by atoms with E-state index in [4.69, 9.17) is 4.74 Å². The summed E-state index contributed by atoms with van der Waals surface area (Å²) in [4.78, 5) is 10.9. The van der Waals surface area contributed by atoms with Gasteiger partial charge < -0.3 is 4.74 Å². The van der Waals surface area contributed by atoms with Crippen molar-refractivity contribution in [2.24, 2.45) is 5.18 Å². The van der Waals surface area contributed by atoms with E-state index in [0.717, 1.165) is 16.7 Å². The van der Waals surface area contributed by atoms with Gasteiger partial charge in [-0.05, 0) is 55.3 Å². The van der Waals surface area contributed by atoms with Crippen LogP contribution in [0.1, 0.15) is 29.2 Å². The lowest BCUT2D eigenvalue weighted by Gasteiger charge is -2.23. The first kappa shape index (κ1) is 18.0. The van der Waals surface area contributed by atoms with Crippen molar-refractivity contribution in [2.45, 2.75) is 20.8 Å². The molecule has 0 radical (unpaired) electrons. The van der Waals surface area contributed by atoms with Crippen LogP contribution in [0.15, 0.2) is 47.6 Å². The molecule has 5 heteroatoms. The van der Waals surface area contributed by atoms with Crippen molar-refractivity contribution in [3.05, 3.63) is 91.7 Å². The Morgan fingerprint density at radius 1 is 0.929 bits per heavy atom. The fraction of sp³-hybridized carbons (Fsp3) is 0.130. The molecule has 3 aromatic carbocycles. The minimum Gasteiger partial charge on any atom is -0.456 e. The molecule has 0 fully saturated rings. The lowest BCUT2D eigenvalue weighted by Crippen LogP contribution is -2.22. The lowest BCUT2D eigenvalue weighted by molar-refractivity contribution is 0.467. The zero-order valence-electron chi connectivity index (χ0n) is 15.6. The van der Waals surface area contributed by atoms with E-state index in [1.807, 2.05) is 32.0 Å². The van der Waals surface area contributed by atoms with Crippen LogP contribution in [-0.2, 0) is 0 Å². The van der Waals surface area contributed by atoms with Crippen molar-refractivity contribution in [2.75, 3.05) is 0 Å². The van der Waals surface area contributed by atoms with E-state index in [1.165, 1.54) is 18.2 Å². The number of fused-ring (bicyclic) bond motifs is 2. The molecule has 4 rings (SSSR count). The summed E-state index contributed by atoms with van der Waals surface area (Å²) >= 11 is 0. The number of benzene rings is 3. The molecule has 1 aliphatic rings. The van der Waals surface area contributed by atoms with E-state index in [1.54, 1.807) is 19.1 Å². The van der Waals surface area contributed by atoms with Gasteiger partial charge in [-0.25, -0.2) is 8.78 Å². The van der Waals surface area contributed by atoms with E-state index < -0.39 is 5.82 Å². The summed E-state index contributed by atoms with van der Waals surface area (Å²) in [7, 11) is 0. The molecule has 140 valence electrons. The molecule has 0 aliphatic carbocycles. The van der Waals surface area contributed by atoms with E-state index in [9.17, 15) is 13.7 Å². The van der Waals surface area contributed by atoms with Crippen molar-refractivity contribution in [1.29, 1.82) is 0 Å². The smallest absolute Gasteiger partial charge is 0.153 e. The van der Waals surface area contributed by atoms with Crippen LogP contribution in [0.3, 0.4) is 0 Å². The first-order valence-corrected chi connectivity index (χ1v) is 8.86. The maximum absolute atomic E-state index is 14.6. The van der Waals surface area contributed by atoms with Gasteiger partial charge in [0.05, 0.1) is 0 Å². The molecular formula is C23H17F2NO2. The Bertz CT molecular complexity index is 1260. The van der Waals surface area contributed by atoms with Crippen molar-refractivity contribution in [1.82, 2.24) is 0 Å². The van der Waals surface area contributed by atoms with Crippen LogP contribution < -0.4 is 15.2 Å². The zero-order valence-corrected chi connectivity index (χ0v) is 15.6. The van der Waals surface area contributed by atoms with Gasteiger partial charge in [-0.1, -0.05) is 29.8 Å². The number of halogens is 2. The third-order valence-electron chi connectivity index (χ3n) is 4.97. The predicted molar refractivity (Wildman–Crippen MR) is 105 cm³/mol. The first-order chi connectivity index (χ1) is 13.4. The number of hydrogen-bond donors (Lipinski definition) is 0. The minimum absolute atomic E-state index is 0.312. The topological polar surface area (TPSA) is 38.7 Å². The van der Waals surface area contributed by atoms with Crippen LogP contribution in [0.5, 0.6) is 11.5 Å². The molecule has 1 aliphatic heterocycles. The Labute approximate surface area is 160 Å². The highest BCUT2D eigenvalue weighted by Gasteiger charge is 2.24. The molecule has 0 atom stereocenters. The molecule has 0 spiro atoms. The first-order valence-electron chi connectivity index (χ1n) is 8.86. The number of hydrogen-bond acceptors (Lipinski definition) is 3. The van der Waals surface area contributed by atoms with Gasteiger partial charge in [-0.15, -0.1) is 4.91 Å². The molecule has 1 heterocycles. The molecule has 0 amide bonds. The second kappa shape index (κ2) is 6.68. The molecule has 3 nitrogen and oxygen atoms in total. The Kier molecular flexibility index (Phi) is 4.30. The van der Waals surface area contributed by atoms with Crippen molar-refractivity contribution < 1.29 is 13.5 Å². The van der Waals surface area contributed by atoms with E-state index in [2.05, 4.69) is 5.18 Å². The second-order valence-corrected chi connectivity index (χ2v) is 6.85. The average Bonchev–Trinajstić information content (AvgIpc) is 2.66. The van der Waals surface area contributed by atoms with Crippen LogP contribution in [0.25, 0.3) is 11.6 Å². The second-order valence-electron chi connectivity index (χ2n) is 6.85. The Balaban J connectivity index is 2.18. The fourth-order valence-corrected chi connectivity index (χ4v) is 3.61. The van der Waals surface area contributed by atoms with Crippen LogP contribution in [-0.4, -0.2) is 0 Å². The maximum Gasteiger partial charge on any atom is 0.153 e. The van der Waals surface area contributed by atoms with Crippen molar-refractivity contribution in [3.63, 3.8) is 0 Å². The predicted octanol–water partition coefficient (Wildman–Crippen LogP) is 5.13. The Hall–Kier alpha value is -3.34. The van der Waals surface area contributed by atoms with Gasteiger partial charge >= 0.3 is 0 Å². The molecule has 0 saturated heterocycles. The third kappa shape index (κ3) is 2.80. The normalized spacial score (nSPS) is 13.0. The van der Waals surface area contributed by atoms with E-state index in [0.29, 0.717) is 33.1 Å². The lowest BCUT2D eigenvalue weighted by atomic mass is 9.89. The molecule has 0 unspecified atom stereocenters. The number of aryl methyl sites for hydroxylation is 2. The largest absolute Gasteiger partial charge is 0.456 e. The monoisotopic (exact) mass is 377 g/mol. The highest BCUT2D eigenvalue weighted by atomic mass is 19.1. The van der Waals surface area contributed by atoms with Crippen molar-refractivity contribution >= 4 is 17.3 Å². The van der Waals surface area contributed by atoms with Crippen LogP contribution in [0.2, 0.25) is 0 Å². The molecule has 28 heavy (non-hydrogen) atoms. The highest BCUT2D eigenvalue weighted by molar-refractivity contribution is 5.87. The van der Waals surface area contributed by atoms with Crippen LogP contribution in [0, 0.1) is 30.4 Å². The molecular weight excluding hydrogens is 360 g/mol. The molecule has 0 aromatic heterocycles. The summed E-state index contributed by atoms with van der Waals surface area (Å²) in [6.45, 7) is 5.67. The molecule has 0 N–H and O–H groups in total. The van der Waals surface area contributed by atoms with Crippen LogP contribution in [0.4, 0.5) is 14.5 Å². The summed E-state index contributed by atoms with van der Waals surface area (Å²) in [5, 5.41) is 3.67. The fourth-order valence-electron chi connectivity index (χ4n) is 3.61. The van der Waals surface area contributed by atoms with Crippen molar-refractivity contribution in [3.8, 4) is 11.5 Å². The summed E-state index contributed by atoms with van der Waals surface area (Å²) in [5.41, 5.74) is 3.69. The van der Waals surface area contributed by atoms with Gasteiger partial charge in [-0.3, -0.25) is 0 Å². The average molecular weight is 377 g/mol. The summed E-state index contributed by atoms with van der Waals surface area (Å²) in [6.07, 6.45) is 1.65. The summed E-state index contributed by atoms with van der Waals surface area (Å²) < 4.78 is 34.9. The Morgan fingerprint density at radius 2 is 1.71 bits per heavy atom. The van der Waals surface area contributed by atoms with Gasteiger partial charge in [0.15, 0.2) is 5.82 Å². The van der Waals surface area contributed by atoms with Gasteiger partial charge in [0.1, 0.15) is 23.0 Å². The quantitative estimate of drug-likeness (QED) is 0.454. The summed E-state index contributed by atoms with van der Waals surface area (Å²) in [5.74, 6) is -0.378. The van der Waals surface area contributed by atoms with Crippen LogP contribution >= 0.6 is 0 Å². The molecule has 3 aromatic rings. The number of nitroso groups, excluding NO2 is 1. The van der Waals surface area contributed by atoms with Gasteiger partial charge in [0.2, 0.25) is 0 Å². The van der Waals surface area contributed by atoms with Gasteiger partial charge in [0, 0.05) is 27.6 Å². The zero-order chi connectivity index (χ0) is 20.0. The number of rotatable bonds is 2. The SMILES string of the molecule is C/C=c1\cc2c(cc1F)=C(c1ccc(C)cc1C)c1cc(F)c(N=O)cc1O2.